The van der Waals surface area contributed by atoms with Gasteiger partial charge in [0.05, 0.1) is 10.6 Å². The molecule has 0 aromatic heterocycles. The van der Waals surface area contributed by atoms with Crippen LogP contribution in [0.25, 0.3) is 0 Å². The molecule has 0 radical (unpaired) electrons. The Kier molecular flexibility index (Phi) is 5.69. The van der Waals surface area contributed by atoms with Crippen molar-refractivity contribution in [3.63, 3.8) is 0 Å². The highest BCUT2D eigenvalue weighted by atomic mass is 32.2. The number of anilines is 2. The Morgan fingerprint density at radius 3 is 1.75 bits per heavy atom. The zero-order chi connectivity index (χ0) is 17.0. The first-order valence-corrected chi connectivity index (χ1v) is 11.3. The molecule has 2 saturated heterocycles. The lowest BCUT2D eigenvalue weighted by atomic mass is 10.2. The molecule has 134 valence electrons. The molecule has 2 aliphatic rings. The molecule has 0 unspecified atom stereocenters. The van der Waals surface area contributed by atoms with Gasteiger partial charge in [-0.2, -0.15) is 0 Å². The van der Waals surface area contributed by atoms with Crippen LogP contribution >= 0.6 is 0 Å². The molecule has 3 rings (SSSR count). The lowest BCUT2D eigenvalue weighted by Crippen LogP contribution is -2.27. The van der Waals surface area contributed by atoms with Crippen LogP contribution in [0.5, 0.6) is 0 Å². The molecule has 24 heavy (non-hydrogen) atoms. The largest absolute Gasteiger partial charge is 0.372 e. The van der Waals surface area contributed by atoms with Crippen LogP contribution in [0.2, 0.25) is 0 Å². The van der Waals surface area contributed by atoms with Gasteiger partial charge in [-0.1, -0.05) is 25.7 Å². The monoisotopic (exact) mass is 350 g/mol. The summed E-state index contributed by atoms with van der Waals surface area (Å²) in [5.74, 6) is 0. The minimum absolute atomic E-state index is 0.506. The maximum absolute atomic E-state index is 12.4. The first kappa shape index (κ1) is 17.6. The van der Waals surface area contributed by atoms with Crippen molar-refractivity contribution in [3.05, 3.63) is 18.2 Å². The van der Waals surface area contributed by atoms with Crippen molar-refractivity contribution in [1.82, 2.24) is 0 Å². The summed E-state index contributed by atoms with van der Waals surface area (Å²) >= 11 is 0. The fourth-order valence-electron chi connectivity index (χ4n) is 3.90. The molecule has 2 heterocycles. The van der Waals surface area contributed by atoms with E-state index in [2.05, 4.69) is 15.9 Å². The maximum Gasteiger partial charge on any atom is 0.177 e. The molecule has 1 aromatic rings. The number of hydrogen-bond acceptors (Lipinski definition) is 4. The molecule has 2 aliphatic heterocycles. The van der Waals surface area contributed by atoms with Gasteiger partial charge >= 0.3 is 0 Å². The van der Waals surface area contributed by atoms with Crippen LogP contribution in [-0.2, 0) is 9.84 Å². The Labute approximate surface area is 146 Å². The zero-order valence-corrected chi connectivity index (χ0v) is 15.7. The second kappa shape index (κ2) is 7.77. The van der Waals surface area contributed by atoms with Crippen LogP contribution in [0, 0.1) is 0 Å². The predicted molar refractivity (Wildman–Crippen MR) is 101 cm³/mol. The molecule has 0 atom stereocenters. The van der Waals surface area contributed by atoms with E-state index in [9.17, 15) is 8.42 Å². The predicted octanol–water partition coefficient (Wildman–Crippen LogP) is 3.85. The first-order chi connectivity index (χ1) is 11.6. The third kappa shape index (κ3) is 4.24. The summed E-state index contributed by atoms with van der Waals surface area (Å²) < 4.78 is 24.9. The van der Waals surface area contributed by atoms with Crippen LogP contribution in [-0.4, -0.2) is 40.9 Å². The second-order valence-corrected chi connectivity index (χ2v) is 9.21. The van der Waals surface area contributed by atoms with Crippen molar-refractivity contribution in [2.45, 2.75) is 56.3 Å². The Bertz CT molecular complexity index is 641. The van der Waals surface area contributed by atoms with Crippen molar-refractivity contribution in [2.24, 2.45) is 0 Å². The third-order valence-electron chi connectivity index (χ3n) is 5.26. The Balaban J connectivity index is 1.94. The first-order valence-electron chi connectivity index (χ1n) is 9.40. The van der Waals surface area contributed by atoms with E-state index < -0.39 is 9.84 Å². The van der Waals surface area contributed by atoms with Crippen molar-refractivity contribution < 1.29 is 8.42 Å². The summed E-state index contributed by atoms with van der Waals surface area (Å²) in [5.41, 5.74) is 1.97. The molecule has 2 fully saturated rings. The molecule has 5 heteroatoms. The Hall–Kier alpha value is -1.23. The quantitative estimate of drug-likeness (QED) is 0.830. The topological polar surface area (TPSA) is 40.6 Å². The summed E-state index contributed by atoms with van der Waals surface area (Å²) in [6.45, 7) is 4.00. The van der Waals surface area contributed by atoms with E-state index in [1.807, 2.05) is 12.1 Å². The van der Waals surface area contributed by atoms with E-state index in [0.29, 0.717) is 4.90 Å². The van der Waals surface area contributed by atoms with Gasteiger partial charge in [-0.05, 0) is 43.9 Å². The molecule has 0 bridgehead atoms. The summed E-state index contributed by atoms with van der Waals surface area (Å²) in [4.78, 5) is 5.13. The summed E-state index contributed by atoms with van der Waals surface area (Å²) in [6, 6.07) is 6.09. The normalized spacial score (nSPS) is 20.5. The molecular formula is C19H30N2O2S. The van der Waals surface area contributed by atoms with Crippen molar-refractivity contribution in [1.29, 1.82) is 0 Å². The smallest absolute Gasteiger partial charge is 0.177 e. The molecule has 4 nitrogen and oxygen atoms in total. The zero-order valence-electron chi connectivity index (χ0n) is 14.8. The fourth-order valence-corrected chi connectivity index (χ4v) is 4.81. The van der Waals surface area contributed by atoms with E-state index in [4.69, 9.17) is 0 Å². The average Bonchev–Trinajstić information content (AvgIpc) is 2.98. The molecule has 0 spiro atoms. The number of nitrogens with zero attached hydrogens (tertiary/aromatic N) is 2. The number of rotatable bonds is 3. The van der Waals surface area contributed by atoms with Gasteiger partial charge in [-0.3, -0.25) is 0 Å². The van der Waals surface area contributed by atoms with E-state index >= 15 is 0 Å². The standard InChI is InChI=1S/C19H30N2O2S/c1-24(22,23)19-16-17(20-12-6-2-3-7-13-20)10-11-18(19)21-14-8-4-5-9-15-21/h10-11,16H,2-9,12-15H2,1H3. The van der Waals surface area contributed by atoms with Crippen LogP contribution < -0.4 is 9.80 Å². The van der Waals surface area contributed by atoms with Crippen LogP contribution in [0.4, 0.5) is 11.4 Å². The van der Waals surface area contributed by atoms with E-state index in [1.165, 1.54) is 44.8 Å². The second-order valence-electron chi connectivity index (χ2n) is 7.23. The van der Waals surface area contributed by atoms with Gasteiger partial charge in [-0.15, -0.1) is 0 Å². The molecular weight excluding hydrogens is 320 g/mol. The van der Waals surface area contributed by atoms with Gasteiger partial charge in [0.15, 0.2) is 9.84 Å². The summed E-state index contributed by atoms with van der Waals surface area (Å²) in [5, 5.41) is 0. The molecule has 0 saturated carbocycles. The molecule has 0 aliphatic carbocycles. The highest BCUT2D eigenvalue weighted by Crippen LogP contribution is 2.32. The number of sulfone groups is 1. The lowest BCUT2D eigenvalue weighted by molar-refractivity contribution is 0.601. The molecule has 1 aromatic carbocycles. The van der Waals surface area contributed by atoms with Gasteiger partial charge in [-0.25, -0.2) is 8.42 Å². The van der Waals surface area contributed by atoms with Crippen molar-refractivity contribution in [2.75, 3.05) is 42.2 Å². The van der Waals surface area contributed by atoms with Gasteiger partial charge in [0, 0.05) is 38.1 Å². The van der Waals surface area contributed by atoms with E-state index in [1.54, 1.807) is 0 Å². The van der Waals surface area contributed by atoms with Crippen molar-refractivity contribution >= 4 is 21.2 Å². The number of hydrogen-bond donors (Lipinski definition) is 0. The Morgan fingerprint density at radius 1 is 0.750 bits per heavy atom. The third-order valence-corrected chi connectivity index (χ3v) is 6.39. The molecule has 0 amide bonds. The Morgan fingerprint density at radius 2 is 1.25 bits per heavy atom. The SMILES string of the molecule is CS(=O)(=O)c1cc(N2CCCCCC2)ccc1N1CCCCCC1. The maximum atomic E-state index is 12.4. The lowest BCUT2D eigenvalue weighted by Gasteiger charge is -2.28. The van der Waals surface area contributed by atoms with Crippen LogP contribution in [0.3, 0.4) is 0 Å². The van der Waals surface area contributed by atoms with E-state index in [0.717, 1.165) is 50.4 Å². The summed E-state index contributed by atoms with van der Waals surface area (Å²) in [7, 11) is -3.23. The fraction of sp³-hybridized carbons (Fsp3) is 0.684. The van der Waals surface area contributed by atoms with Gasteiger partial charge in [0.1, 0.15) is 0 Å². The average molecular weight is 351 g/mol. The van der Waals surface area contributed by atoms with Crippen LogP contribution in [0.1, 0.15) is 51.4 Å². The summed E-state index contributed by atoms with van der Waals surface area (Å²) in [6.07, 6.45) is 11.1. The van der Waals surface area contributed by atoms with Gasteiger partial charge < -0.3 is 9.80 Å². The molecule has 0 N–H and O–H groups in total. The van der Waals surface area contributed by atoms with Gasteiger partial charge in [0.25, 0.3) is 0 Å². The minimum atomic E-state index is -3.23. The van der Waals surface area contributed by atoms with E-state index in [-0.39, 0.29) is 0 Å². The van der Waals surface area contributed by atoms with Crippen molar-refractivity contribution in [3.8, 4) is 0 Å². The number of benzene rings is 1. The van der Waals surface area contributed by atoms with Gasteiger partial charge in [0.2, 0.25) is 0 Å². The highest BCUT2D eigenvalue weighted by molar-refractivity contribution is 7.90. The minimum Gasteiger partial charge on any atom is -0.372 e. The van der Waals surface area contributed by atoms with Crippen LogP contribution in [0.15, 0.2) is 23.1 Å². The highest BCUT2D eigenvalue weighted by Gasteiger charge is 2.21.